The molecule has 6 atom stereocenters. The van der Waals surface area contributed by atoms with Gasteiger partial charge in [0.1, 0.15) is 0 Å². The fourth-order valence-electron chi connectivity index (χ4n) is 5.32. The number of aromatic nitrogens is 1. The Morgan fingerprint density at radius 2 is 2.16 bits per heavy atom. The Hall–Kier alpha value is -1.14. The first kappa shape index (κ1) is 17.3. The van der Waals surface area contributed by atoms with E-state index in [1.807, 2.05) is 6.92 Å². The molecule has 0 bridgehead atoms. The van der Waals surface area contributed by atoms with E-state index in [1.165, 1.54) is 4.88 Å². The van der Waals surface area contributed by atoms with Gasteiger partial charge in [-0.05, 0) is 49.4 Å². The largest absolute Gasteiger partial charge is 0.392 e. The van der Waals surface area contributed by atoms with E-state index >= 15 is 0 Å². The Morgan fingerprint density at radius 3 is 2.84 bits per heavy atom. The normalized spacial score (nSPS) is 38.6. The number of carbonyl (C=O) groups is 1. The summed E-state index contributed by atoms with van der Waals surface area (Å²) in [6.07, 6.45) is 4.61. The number of thiazole rings is 1. The molecule has 1 aromatic rings. The number of anilines is 1. The first-order valence-corrected chi connectivity index (χ1v) is 10.4. The van der Waals surface area contributed by atoms with Crippen LogP contribution in [0.1, 0.15) is 62.9 Å². The van der Waals surface area contributed by atoms with Gasteiger partial charge in [-0.2, -0.15) is 0 Å². The molecule has 0 radical (unpaired) electrons. The van der Waals surface area contributed by atoms with E-state index in [1.54, 1.807) is 11.3 Å². The van der Waals surface area contributed by atoms with E-state index in [9.17, 15) is 9.90 Å². The van der Waals surface area contributed by atoms with Crippen molar-refractivity contribution in [3.05, 3.63) is 10.6 Å². The van der Waals surface area contributed by atoms with Crippen LogP contribution in [0.5, 0.6) is 0 Å². The van der Waals surface area contributed by atoms with Gasteiger partial charge in [-0.3, -0.25) is 4.79 Å². The van der Waals surface area contributed by atoms with Crippen LogP contribution in [-0.2, 0) is 11.2 Å². The lowest BCUT2D eigenvalue weighted by atomic mass is 9.53. The number of nitrogens with one attached hydrogen (secondary N) is 1. The van der Waals surface area contributed by atoms with E-state index in [4.69, 9.17) is 5.73 Å². The fraction of sp³-hybridized carbons (Fsp3) is 0.789. The molecule has 0 aliphatic heterocycles. The minimum atomic E-state index is -0.468. The molecule has 1 aromatic heterocycles. The molecule has 2 fully saturated rings. The zero-order chi connectivity index (χ0) is 17.9. The second kappa shape index (κ2) is 5.95. The molecule has 0 saturated heterocycles. The Balaban J connectivity index is 1.58. The third-order valence-corrected chi connectivity index (χ3v) is 7.82. The van der Waals surface area contributed by atoms with E-state index < -0.39 is 6.10 Å². The van der Waals surface area contributed by atoms with Crippen molar-refractivity contribution < 1.29 is 9.90 Å². The highest BCUT2D eigenvalue weighted by Gasteiger charge is 2.53. The third-order valence-electron chi connectivity index (χ3n) is 6.92. The molecule has 0 unspecified atom stereocenters. The summed E-state index contributed by atoms with van der Waals surface area (Å²) >= 11 is 1.60. The van der Waals surface area contributed by atoms with Gasteiger partial charge in [-0.25, -0.2) is 4.98 Å². The Kier molecular flexibility index (Phi) is 4.11. The monoisotopic (exact) mass is 363 g/mol. The standard InChI is InChI=1S/C19H29N3O2S/c1-9(17(24)21-11-4-5-11)12-6-7-19(3)8-13-15(22-18(20)25-13)10(2)14(19)16(12)23/h9-12,14,16,23H,4-8H2,1-3H3,(H2,20,22)(H,21,24)/t9-,10-,12-,14+,16-,19+/m0/s1. The van der Waals surface area contributed by atoms with Crippen molar-refractivity contribution in [2.75, 3.05) is 5.73 Å². The van der Waals surface area contributed by atoms with E-state index in [-0.39, 0.29) is 35.0 Å². The lowest BCUT2D eigenvalue weighted by Gasteiger charge is -2.53. The van der Waals surface area contributed by atoms with Crippen molar-refractivity contribution in [1.29, 1.82) is 0 Å². The van der Waals surface area contributed by atoms with Gasteiger partial charge >= 0.3 is 0 Å². The smallest absolute Gasteiger partial charge is 0.223 e. The summed E-state index contributed by atoms with van der Waals surface area (Å²) in [4.78, 5) is 18.3. The second-order valence-electron chi connectivity index (χ2n) is 8.77. The summed E-state index contributed by atoms with van der Waals surface area (Å²) in [5, 5.41) is 15.0. The molecule has 1 amide bonds. The summed E-state index contributed by atoms with van der Waals surface area (Å²) < 4.78 is 0. The first-order chi connectivity index (χ1) is 11.8. The van der Waals surface area contributed by atoms with E-state index in [0.717, 1.165) is 37.8 Å². The van der Waals surface area contributed by atoms with Crippen molar-refractivity contribution in [2.24, 2.45) is 23.2 Å². The fourth-order valence-corrected chi connectivity index (χ4v) is 6.45. The van der Waals surface area contributed by atoms with Crippen LogP contribution >= 0.6 is 11.3 Å². The summed E-state index contributed by atoms with van der Waals surface area (Å²) in [7, 11) is 0. The highest BCUT2D eigenvalue weighted by atomic mass is 32.1. The number of amides is 1. The number of nitrogens with zero attached hydrogens (tertiary/aromatic N) is 1. The van der Waals surface area contributed by atoms with Crippen molar-refractivity contribution in [3.8, 4) is 0 Å². The number of aliphatic hydroxyl groups excluding tert-OH is 1. The number of nitrogens with two attached hydrogens (primary N) is 1. The number of hydrogen-bond donors (Lipinski definition) is 3. The van der Waals surface area contributed by atoms with Crippen LogP contribution in [0.4, 0.5) is 5.13 Å². The zero-order valence-electron chi connectivity index (χ0n) is 15.3. The van der Waals surface area contributed by atoms with Gasteiger partial charge in [0.05, 0.1) is 11.8 Å². The van der Waals surface area contributed by atoms with Crippen LogP contribution < -0.4 is 11.1 Å². The molecule has 25 heavy (non-hydrogen) atoms. The predicted molar refractivity (Wildman–Crippen MR) is 99.3 cm³/mol. The van der Waals surface area contributed by atoms with Crippen molar-refractivity contribution in [2.45, 2.75) is 70.9 Å². The average molecular weight is 364 g/mol. The third kappa shape index (κ3) is 2.87. The highest BCUT2D eigenvalue weighted by Crippen LogP contribution is 2.57. The lowest BCUT2D eigenvalue weighted by molar-refractivity contribution is -0.134. The summed E-state index contributed by atoms with van der Waals surface area (Å²) in [5.41, 5.74) is 7.08. The summed E-state index contributed by atoms with van der Waals surface area (Å²) in [6.45, 7) is 6.44. The van der Waals surface area contributed by atoms with Gasteiger partial charge in [0.2, 0.25) is 5.91 Å². The van der Waals surface area contributed by atoms with E-state index in [2.05, 4.69) is 24.1 Å². The second-order valence-corrected chi connectivity index (χ2v) is 9.89. The predicted octanol–water partition coefficient (Wildman–Crippen LogP) is 2.69. The highest BCUT2D eigenvalue weighted by molar-refractivity contribution is 7.15. The molecule has 4 rings (SSSR count). The number of carbonyl (C=O) groups excluding carboxylic acids is 1. The molecule has 0 spiro atoms. The SMILES string of the molecule is C[C@H](C(=O)NC1CC1)[C@@H]1CC[C@]2(C)Cc3sc(N)nc3[C@@H](C)[C@@H]2[C@H]1O. The van der Waals surface area contributed by atoms with Gasteiger partial charge in [0.15, 0.2) is 5.13 Å². The van der Waals surface area contributed by atoms with Crippen LogP contribution in [0.2, 0.25) is 0 Å². The Morgan fingerprint density at radius 1 is 1.44 bits per heavy atom. The molecule has 5 nitrogen and oxygen atoms in total. The number of hydrogen-bond acceptors (Lipinski definition) is 5. The lowest BCUT2D eigenvalue weighted by Crippen LogP contribution is -2.53. The molecule has 3 aliphatic rings. The molecule has 3 aliphatic carbocycles. The summed E-state index contributed by atoms with van der Waals surface area (Å²) in [6, 6.07) is 0.370. The van der Waals surface area contributed by atoms with Gasteiger partial charge in [0.25, 0.3) is 0 Å². The van der Waals surface area contributed by atoms with Crippen molar-refractivity contribution >= 4 is 22.4 Å². The van der Waals surface area contributed by atoms with Crippen LogP contribution in [-0.4, -0.2) is 28.1 Å². The summed E-state index contributed by atoms with van der Waals surface area (Å²) in [5.74, 6) is 0.304. The van der Waals surface area contributed by atoms with Gasteiger partial charge in [-0.1, -0.05) is 20.8 Å². The maximum absolute atomic E-state index is 12.5. The quantitative estimate of drug-likeness (QED) is 0.770. The topological polar surface area (TPSA) is 88.2 Å². The van der Waals surface area contributed by atoms with Crippen LogP contribution in [0.15, 0.2) is 0 Å². The number of fused-ring (bicyclic) bond motifs is 2. The van der Waals surface area contributed by atoms with Gasteiger partial charge in [0, 0.05) is 22.8 Å². The maximum atomic E-state index is 12.5. The molecule has 2 saturated carbocycles. The maximum Gasteiger partial charge on any atom is 0.223 e. The van der Waals surface area contributed by atoms with Crippen LogP contribution in [0.25, 0.3) is 0 Å². The first-order valence-electron chi connectivity index (χ1n) is 9.53. The van der Waals surface area contributed by atoms with E-state index in [0.29, 0.717) is 11.2 Å². The molecule has 6 heteroatoms. The molecule has 4 N–H and O–H groups in total. The molecule has 138 valence electrons. The minimum absolute atomic E-state index is 0.0248. The molecular formula is C19H29N3O2S. The average Bonchev–Trinajstić information content (AvgIpc) is 3.27. The Labute approximate surface area is 153 Å². The van der Waals surface area contributed by atoms with Gasteiger partial charge < -0.3 is 16.2 Å². The van der Waals surface area contributed by atoms with Crippen LogP contribution in [0.3, 0.4) is 0 Å². The van der Waals surface area contributed by atoms with Crippen molar-refractivity contribution in [1.82, 2.24) is 10.3 Å². The zero-order valence-corrected chi connectivity index (χ0v) is 16.1. The molecule has 1 heterocycles. The van der Waals surface area contributed by atoms with Gasteiger partial charge in [-0.15, -0.1) is 11.3 Å². The Bertz CT molecular complexity index is 686. The molecular weight excluding hydrogens is 334 g/mol. The number of aliphatic hydroxyl groups is 1. The van der Waals surface area contributed by atoms with Crippen molar-refractivity contribution in [3.63, 3.8) is 0 Å². The van der Waals surface area contributed by atoms with Crippen LogP contribution in [0, 0.1) is 23.2 Å². The number of nitrogen functional groups attached to an aromatic ring is 1. The molecule has 0 aromatic carbocycles. The number of rotatable bonds is 3. The minimum Gasteiger partial charge on any atom is -0.392 e.